The molecule has 2 fully saturated rings. The normalized spacial score (nSPS) is 21.5. The van der Waals surface area contributed by atoms with E-state index in [1.54, 1.807) is 6.07 Å². The molecule has 6 heteroatoms. The predicted octanol–water partition coefficient (Wildman–Crippen LogP) is 7.92. The number of aromatic nitrogens is 1. The SMILES string of the molecule is Cl.NC1CCC(CC(=O)CC(c2ccc(F)c(F)c2)c2cn(CC3CCCCC3)c3ccccc23)CC1. The van der Waals surface area contributed by atoms with E-state index in [1.165, 1.54) is 44.2 Å². The third kappa shape index (κ3) is 6.61. The Morgan fingerprint density at radius 1 is 0.919 bits per heavy atom. The van der Waals surface area contributed by atoms with Gasteiger partial charge in [-0.05, 0) is 79.7 Å². The Hall–Kier alpha value is -2.24. The van der Waals surface area contributed by atoms with E-state index in [1.807, 2.05) is 6.07 Å². The molecule has 2 aliphatic carbocycles. The molecule has 0 saturated heterocycles. The van der Waals surface area contributed by atoms with Crippen molar-refractivity contribution in [2.75, 3.05) is 0 Å². The van der Waals surface area contributed by atoms with E-state index in [4.69, 9.17) is 5.73 Å². The van der Waals surface area contributed by atoms with Gasteiger partial charge in [0.1, 0.15) is 5.78 Å². The molecule has 200 valence electrons. The lowest BCUT2D eigenvalue weighted by Gasteiger charge is -2.26. The topological polar surface area (TPSA) is 48.0 Å². The third-order valence-electron chi connectivity index (χ3n) is 8.56. The molecule has 2 aliphatic rings. The maximum absolute atomic E-state index is 14.4. The van der Waals surface area contributed by atoms with Crippen LogP contribution >= 0.6 is 12.4 Å². The lowest BCUT2D eigenvalue weighted by Crippen LogP contribution is -2.27. The molecule has 0 bridgehead atoms. The fourth-order valence-corrected chi connectivity index (χ4v) is 6.51. The van der Waals surface area contributed by atoms with Gasteiger partial charge in [-0.1, -0.05) is 43.5 Å². The molecule has 1 unspecified atom stereocenters. The summed E-state index contributed by atoms with van der Waals surface area (Å²) in [5.74, 6) is -0.816. The maximum Gasteiger partial charge on any atom is 0.159 e. The van der Waals surface area contributed by atoms with Gasteiger partial charge in [0, 0.05) is 48.4 Å². The first-order valence-electron chi connectivity index (χ1n) is 13.8. The van der Waals surface area contributed by atoms with E-state index >= 15 is 0 Å². The van der Waals surface area contributed by atoms with Crippen molar-refractivity contribution < 1.29 is 13.6 Å². The number of carbonyl (C=O) groups excluding carboxylic acids is 1. The molecular formula is C31H39ClF2N2O. The molecule has 3 aromatic rings. The fourth-order valence-electron chi connectivity index (χ4n) is 6.51. The molecule has 2 saturated carbocycles. The number of hydrogen-bond acceptors (Lipinski definition) is 2. The fraction of sp³-hybridized carbons (Fsp3) is 0.516. The van der Waals surface area contributed by atoms with Crippen LogP contribution in [-0.4, -0.2) is 16.4 Å². The zero-order chi connectivity index (χ0) is 25.1. The van der Waals surface area contributed by atoms with Crippen LogP contribution < -0.4 is 5.73 Å². The Bertz CT molecular complexity index is 1200. The monoisotopic (exact) mass is 528 g/mol. The van der Waals surface area contributed by atoms with Gasteiger partial charge in [-0.3, -0.25) is 4.79 Å². The standard InChI is InChI=1S/C31H38F2N2O.ClH/c32-29-15-12-23(17-30(29)33)27(18-25(36)16-21-10-13-24(34)14-11-21)28-20-35(19-22-6-2-1-3-7-22)31-9-5-4-8-26(28)31;/h4-5,8-9,12,15,17,20-22,24,27H,1-3,6-7,10-11,13-14,16,18-19,34H2;1H. The van der Waals surface area contributed by atoms with Crippen LogP contribution in [0.25, 0.3) is 10.9 Å². The Morgan fingerprint density at radius 3 is 2.38 bits per heavy atom. The second-order valence-electron chi connectivity index (χ2n) is 11.2. The summed E-state index contributed by atoms with van der Waals surface area (Å²) in [5.41, 5.74) is 8.90. The number of fused-ring (bicyclic) bond motifs is 1. The molecule has 1 heterocycles. The minimum Gasteiger partial charge on any atom is -0.347 e. The first-order chi connectivity index (χ1) is 17.5. The summed E-state index contributed by atoms with van der Waals surface area (Å²) < 4.78 is 30.5. The van der Waals surface area contributed by atoms with Gasteiger partial charge in [0.15, 0.2) is 11.6 Å². The molecular weight excluding hydrogens is 490 g/mol. The van der Waals surface area contributed by atoms with E-state index in [2.05, 4.69) is 29.0 Å². The van der Waals surface area contributed by atoms with Crippen LogP contribution in [0, 0.1) is 23.5 Å². The second kappa shape index (κ2) is 12.5. The highest BCUT2D eigenvalue weighted by Crippen LogP contribution is 2.38. The van der Waals surface area contributed by atoms with Crippen molar-refractivity contribution >= 4 is 29.1 Å². The summed E-state index contributed by atoms with van der Waals surface area (Å²) in [6.07, 6.45) is 13.3. The van der Waals surface area contributed by atoms with Gasteiger partial charge in [-0.15, -0.1) is 12.4 Å². The number of benzene rings is 2. The number of ketones is 1. The van der Waals surface area contributed by atoms with Crippen molar-refractivity contribution in [1.82, 2.24) is 4.57 Å². The number of Topliss-reactive ketones (excluding diaryl/α,β-unsaturated/α-hetero) is 1. The Labute approximate surface area is 225 Å². The van der Waals surface area contributed by atoms with Crippen molar-refractivity contribution in [2.24, 2.45) is 17.6 Å². The Balaban J connectivity index is 0.00000320. The summed E-state index contributed by atoms with van der Waals surface area (Å²) in [6, 6.07) is 12.7. The van der Waals surface area contributed by atoms with Crippen molar-refractivity contribution in [1.29, 1.82) is 0 Å². The van der Waals surface area contributed by atoms with Gasteiger partial charge in [0.2, 0.25) is 0 Å². The number of para-hydroxylation sites is 1. The average molecular weight is 529 g/mol. The van der Waals surface area contributed by atoms with Gasteiger partial charge >= 0.3 is 0 Å². The van der Waals surface area contributed by atoms with Gasteiger partial charge < -0.3 is 10.3 Å². The Morgan fingerprint density at radius 2 is 1.65 bits per heavy atom. The van der Waals surface area contributed by atoms with Gasteiger partial charge in [-0.2, -0.15) is 0 Å². The van der Waals surface area contributed by atoms with E-state index in [0.717, 1.165) is 48.7 Å². The number of rotatable bonds is 8. The molecule has 5 rings (SSSR count). The smallest absolute Gasteiger partial charge is 0.159 e. The highest BCUT2D eigenvalue weighted by Gasteiger charge is 2.27. The molecule has 3 nitrogen and oxygen atoms in total. The lowest BCUT2D eigenvalue weighted by atomic mass is 9.80. The number of nitrogens with zero attached hydrogens (tertiary/aromatic N) is 1. The van der Waals surface area contributed by atoms with Crippen LogP contribution in [-0.2, 0) is 11.3 Å². The molecule has 1 atom stereocenters. The zero-order valence-corrected chi connectivity index (χ0v) is 22.3. The van der Waals surface area contributed by atoms with Crippen molar-refractivity contribution in [2.45, 2.75) is 89.1 Å². The lowest BCUT2D eigenvalue weighted by molar-refractivity contribution is -0.120. The highest BCUT2D eigenvalue weighted by molar-refractivity contribution is 5.87. The molecule has 2 N–H and O–H groups in total. The first-order valence-corrected chi connectivity index (χ1v) is 13.8. The summed E-state index contributed by atoms with van der Waals surface area (Å²) >= 11 is 0. The third-order valence-corrected chi connectivity index (χ3v) is 8.56. The quantitative estimate of drug-likeness (QED) is 0.323. The minimum atomic E-state index is -0.864. The molecule has 0 spiro atoms. The van der Waals surface area contributed by atoms with Crippen LogP contribution in [0.3, 0.4) is 0 Å². The number of halogens is 3. The van der Waals surface area contributed by atoms with E-state index < -0.39 is 11.6 Å². The summed E-state index contributed by atoms with van der Waals surface area (Å²) in [7, 11) is 0. The predicted molar refractivity (Wildman–Crippen MR) is 148 cm³/mol. The first kappa shape index (κ1) is 27.8. The molecule has 0 radical (unpaired) electrons. The Kier molecular flexibility index (Phi) is 9.41. The van der Waals surface area contributed by atoms with Gasteiger partial charge in [0.05, 0.1) is 0 Å². The van der Waals surface area contributed by atoms with Crippen LogP contribution in [0.5, 0.6) is 0 Å². The van der Waals surface area contributed by atoms with Crippen molar-refractivity contribution in [3.8, 4) is 0 Å². The van der Waals surface area contributed by atoms with Gasteiger partial charge in [-0.25, -0.2) is 8.78 Å². The van der Waals surface area contributed by atoms with E-state index in [9.17, 15) is 13.6 Å². The van der Waals surface area contributed by atoms with Crippen LogP contribution in [0.1, 0.15) is 87.7 Å². The molecule has 2 aromatic carbocycles. The van der Waals surface area contributed by atoms with Gasteiger partial charge in [0.25, 0.3) is 0 Å². The van der Waals surface area contributed by atoms with E-state index in [-0.39, 0.29) is 30.2 Å². The number of nitrogens with two attached hydrogens (primary N) is 1. The van der Waals surface area contributed by atoms with Crippen LogP contribution in [0.15, 0.2) is 48.7 Å². The van der Waals surface area contributed by atoms with Crippen molar-refractivity contribution in [3.05, 3.63) is 71.4 Å². The molecule has 1 aromatic heterocycles. The molecule has 37 heavy (non-hydrogen) atoms. The largest absolute Gasteiger partial charge is 0.347 e. The molecule has 0 aliphatic heterocycles. The summed E-state index contributed by atoms with van der Waals surface area (Å²) in [5, 5.41) is 1.10. The second-order valence-corrected chi connectivity index (χ2v) is 11.2. The number of hydrogen-bond donors (Lipinski definition) is 1. The minimum absolute atomic E-state index is 0. The van der Waals surface area contributed by atoms with Crippen LogP contribution in [0.2, 0.25) is 0 Å². The highest BCUT2D eigenvalue weighted by atomic mass is 35.5. The number of carbonyl (C=O) groups is 1. The maximum atomic E-state index is 14.4. The summed E-state index contributed by atoms with van der Waals surface area (Å²) in [6.45, 7) is 0.960. The molecule has 0 amide bonds. The van der Waals surface area contributed by atoms with Crippen LogP contribution in [0.4, 0.5) is 8.78 Å². The zero-order valence-electron chi connectivity index (χ0n) is 21.5. The van der Waals surface area contributed by atoms with E-state index in [0.29, 0.717) is 30.2 Å². The average Bonchev–Trinajstić information content (AvgIpc) is 3.24. The summed E-state index contributed by atoms with van der Waals surface area (Å²) in [4.78, 5) is 13.4. The van der Waals surface area contributed by atoms with Crippen molar-refractivity contribution in [3.63, 3.8) is 0 Å².